The topological polar surface area (TPSA) is 42.2 Å². The Balaban J connectivity index is 1.82. The van der Waals surface area contributed by atoms with Crippen LogP contribution in [0.3, 0.4) is 0 Å². The highest BCUT2D eigenvalue weighted by Crippen LogP contribution is 2.22. The molecule has 1 aromatic heterocycles. The molecule has 1 atom stereocenters. The molecule has 1 heterocycles. The van der Waals surface area contributed by atoms with E-state index in [0.717, 1.165) is 11.1 Å². The second kappa shape index (κ2) is 7.47. The third-order valence-corrected chi connectivity index (χ3v) is 3.77. The molecular formula is C21H19NO2. The van der Waals surface area contributed by atoms with Crippen LogP contribution in [0.1, 0.15) is 28.5 Å². The van der Waals surface area contributed by atoms with Crippen LogP contribution in [0.5, 0.6) is 0 Å². The van der Waals surface area contributed by atoms with Gasteiger partial charge in [0.25, 0.3) is 0 Å². The summed E-state index contributed by atoms with van der Waals surface area (Å²) in [5.74, 6) is 0.484. The largest absolute Gasteiger partial charge is 0.465 e. The lowest BCUT2D eigenvalue weighted by Crippen LogP contribution is -2.27. The molecule has 0 aliphatic rings. The van der Waals surface area contributed by atoms with Crippen LogP contribution >= 0.6 is 0 Å². The molecule has 120 valence electrons. The first-order chi connectivity index (χ1) is 11.7. The number of furan rings is 1. The van der Waals surface area contributed by atoms with E-state index in [-0.39, 0.29) is 11.9 Å². The molecule has 0 saturated heterocycles. The molecule has 3 aromatic rings. The SMILES string of the molecule is Cc1ccc([C@@H](NC(=O)/C=C/c2ccco2)c2ccccc2)cc1. The molecule has 0 aliphatic heterocycles. The lowest BCUT2D eigenvalue weighted by Gasteiger charge is -2.19. The monoisotopic (exact) mass is 317 g/mol. The van der Waals surface area contributed by atoms with Gasteiger partial charge in [-0.15, -0.1) is 0 Å². The van der Waals surface area contributed by atoms with Gasteiger partial charge in [0.15, 0.2) is 0 Å². The molecular weight excluding hydrogens is 298 g/mol. The Labute approximate surface area is 141 Å². The van der Waals surface area contributed by atoms with Crippen molar-refractivity contribution in [2.45, 2.75) is 13.0 Å². The highest BCUT2D eigenvalue weighted by atomic mass is 16.3. The summed E-state index contributed by atoms with van der Waals surface area (Å²) in [5, 5.41) is 3.06. The average molecular weight is 317 g/mol. The lowest BCUT2D eigenvalue weighted by atomic mass is 9.98. The Hall–Kier alpha value is -3.07. The van der Waals surface area contributed by atoms with Gasteiger partial charge in [0.2, 0.25) is 5.91 Å². The fraction of sp³-hybridized carbons (Fsp3) is 0.0952. The number of hydrogen-bond donors (Lipinski definition) is 1. The molecule has 0 bridgehead atoms. The van der Waals surface area contributed by atoms with Gasteiger partial charge in [0, 0.05) is 6.08 Å². The number of hydrogen-bond acceptors (Lipinski definition) is 2. The van der Waals surface area contributed by atoms with Crippen molar-refractivity contribution in [1.82, 2.24) is 5.32 Å². The predicted octanol–water partition coefficient (Wildman–Crippen LogP) is 4.51. The molecule has 3 heteroatoms. The Bertz CT molecular complexity index is 803. The van der Waals surface area contributed by atoms with E-state index in [1.165, 1.54) is 11.6 Å². The average Bonchev–Trinajstić information content (AvgIpc) is 3.13. The van der Waals surface area contributed by atoms with Crippen LogP contribution in [0.25, 0.3) is 6.08 Å². The van der Waals surface area contributed by atoms with Crippen molar-refractivity contribution in [3.05, 3.63) is 102 Å². The summed E-state index contributed by atoms with van der Waals surface area (Å²) in [5.41, 5.74) is 3.28. The predicted molar refractivity (Wildman–Crippen MR) is 95.3 cm³/mol. The highest BCUT2D eigenvalue weighted by Gasteiger charge is 2.15. The van der Waals surface area contributed by atoms with E-state index < -0.39 is 0 Å². The molecule has 3 nitrogen and oxygen atoms in total. The van der Waals surface area contributed by atoms with Gasteiger partial charge in [0.1, 0.15) is 5.76 Å². The van der Waals surface area contributed by atoms with E-state index in [1.807, 2.05) is 49.4 Å². The summed E-state index contributed by atoms with van der Waals surface area (Å²) in [6.07, 6.45) is 4.73. The third kappa shape index (κ3) is 4.02. The summed E-state index contributed by atoms with van der Waals surface area (Å²) in [4.78, 5) is 12.3. The second-order valence-electron chi connectivity index (χ2n) is 5.61. The van der Waals surface area contributed by atoms with Crippen LogP contribution in [-0.4, -0.2) is 5.91 Å². The molecule has 0 aliphatic carbocycles. The first-order valence-corrected chi connectivity index (χ1v) is 7.86. The van der Waals surface area contributed by atoms with Gasteiger partial charge in [-0.3, -0.25) is 4.79 Å². The number of carbonyl (C=O) groups is 1. The van der Waals surface area contributed by atoms with Crippen molar-refractivity contribution >= 4 is 12.0 Å². The molecule has 0 saturated carbocycles. The zero-order valence-electron chi connectivity index (χ0n) is 13.5. The summed E-state index contributed by atoms with van der Waals surface area (Å²) < 4.78 is 5.20. The summed E-state index contributed by atoms with van der Waals surface area (Å²) in [6, 6.07) is 21.5. The zero-order chi connectivity index (χ0) is 16.8. The van der Waals surface area contributed by atoms with Crippen molar-refractivity contribution in [3.63, 3.8) is 0 Å². The van der Waals surface area contributed by atoms with Gasteiger partial charge in [-0.05, 0) is 36.3 Å². The number of amides is 1. The second-order valence-corrected chi connectivity index (χ2v) is 5.61. The maximum absolute atomic E-state index is 12.3. The summed E-state index contributed by atoms with van der Waals surface area (Å²) >= 11 is 0. The van der Waals surface area contributed by atoms with Crippen LogP contribution in [0.2, 0.25) is 0 Å². The quantitative estimate of drug-likeness (QED) is 0.704. The maximum Gasteiger partial charge on any atom is 0.244 e. The molecule has 24 heavy (non-hydrogen) atoms. The van der Waals surface area contributed by atoms with E-state index in [9.17, 15) is 4.79 Å². The van der Waals surface area contributed by atoms with Crippen LogP contribution in [0.15, 0.2) is 83.5 Å². The number of rotatable bonds is 5. The van der Waals surface area contributed by atoms with Crippen LogP contribution < -0.4 is 5.32 Å². The van der Waals surface area contributed by atoms with Crippen molar-refractivity contribution in [2.75, 3.05) is 0 Å². The standard InChI is InChI=1S/C21H19NO2/c1-16-9-11-18(12-10-16)21(17-6-3-2-4-7-17)22-20(23)14-13-19-8-5-15-24-19/h2-15,21H,1H3,(H,22,23)/b14-13+/t21-/m0/s1. The third-order valence-electron chi connectivity index (χ3n) is 3.77. The Morgan fingerprint density at radius 1 is 0.958 bits per heavy atom. The smallest absolute Gasteiger partial charge is 0.244 e. The number of nitrogens with one attached hydrogen (secondary N) is 1. The molecule has 0 spiro atoms. The first kappa shape index (κ1) is 15.8. The summed E-state index contributed by atoms with van der Waals surface area (Å²) in [6.45, 7) is 2.05. The lowest BCUT2D eigenvalue weighted by molar-refractivity contribution is -0.116. The number of carbonyl (C=O) groups excluding carboxylic acids is 1. The van der Waals surface area contributed by atoms with Gasteiger partial charge in [-0.25, -0.2) is 0 Å². The number of benzene rings is 2. The maximum atomic E-state index is 12.3. The highest BCUT2D eigenvalue weighted by molar-refractivity contribution is 5.91. The van der Waals surface area contributed by atoms with E-state index in [1.54, 1.807) is 24.5 Å². The van der Waals surface area contributed by atoms with E-state index in [0.29, 0.717) is 5.76 Å². The van der Waals surface area contributed by atoms with Crippen molar-refractivity contribution in [3.8, 4) is 0 Å². The van der Waals surface area contributed by atoms with Crippen LogP contribution in [0.4, 0.5) is 0 Å². The van der Waals surface area contributed by atoms with Crippen molar-refractivity contribution in [2.24, 2.45) is 0 Å². The molecule has 3 rings (SSSR count). The molecule has 0 unspecified atom stereocenters. The Morgan fingerprint density at radius 3 is 2.33 bits per heavy atom. The molecule has 2 aromatic carbocycles. The normalized spacial score (nSPS) is 12.2. The zero-order valence-corrected chi connectivity index (χ0v) is 13.5. The van der Waals surface area contributed by atoms with Crippen molar-refractivity contribution < 1.29 is 9.21 Å². The van der Waals surface area contributed by atoms with E-state index >= 15 is 0 Å². The fourth-order valence-electron chi connectivity index (χ4n) is 2.50. The van der Waals surface area contributed by atoms with Crippen LogP contribution in [0, 0.1) is 6.92 Å². The minimum absolute atomic E-state index is 0.166. The van der Waals surface area contributed by atoms with Gasteiger partial charge >= 0.3 is 0 Å². The number of aryl methyl sites for hydroxylation is 1. The Morgan fingerprint density at radius 2 is 1.67 bits per heavy atom. The van der Waals surface area contributed by atoms with Gasteiger partial charge < -0.3 is 9.73 Å². The van der Waals surface area contributed by atoms with E-state index in [2.05, 4.69) is 17.4 Å². The van der Waals surface area contributed by atoms with Crippen molar-refractivity contribution in [1.29, 1.82) is 0 Å². The van der Waals surface area contributed by atoms with E-state index in [4.69, 9.17) is 4.42 Å². The Kier molecular flexibility index (Phi) is 4.92. The van der Waals surface area contributed by atoms with Gasteiger partial charge in [-0.1, -0.05) is 60.2 Å². The fourth-order valence-corrected chi connectivity index (χ4v) is 2.50. The first-order valence-electron chi connectivity index (χ1n) is 7.86. The molecule has 0 radical (unpaired) electrons. The molecule has 0 fully saturated rings. The molecule has 1 N–H and O–H groups in total. The van der Waals surface area contributed by atoms with Gasteiger partial charge in [-0.2, -0.15) is 0 Å². The minimum atomic E-state index is -0.194. The summed E-state index contributed by atoms with van der Waals surface area (Å²) in [7, 11) is 0. The molecule has 1 amide bonds. The van der Waals surface area contributed by atoms with Crippen LogP contribution in [-0.2, 0) is 4.79 Å². The van der Waals surface area contributed by atoms with Gasteiger partial charge in [0.05, 0.1) is 12.3 Å². The minimum Gasteiger partial charge on any atom is -0.465 e.